The number of hydrogen-bond donors (Lipinski definition) is 0. The van der Waals surface area contributed by atoms with Crippen molar-refractivity contribution in [3.63, 3.8) is 0 Å². The maximum absolute atomic E-state index is 14.0. The first-order chi connectivity index (χ1) is 11.7. The van der Waals surface area contributed by atoms with Crippen LogP contribution >= 0.6 is 0 Å². The standard InChI is InChI=1S/C18H18FN3O2/c1-23-11-12-2-4-13(5-3-12)17-9-15(19)8-14-6-7-16(10-21-22-20)24-18(14)17/h2-5,8-9,16H,6-7,10-11H2,1H3/t16-/m1/s1. The number of ether oxygens (including phenoxy) is 2. The molecule has 1 aliphatic heterocycles. The van der Waals surface area contributed by atoms with E-state index < -0.39 is 0 Å². The Hall–Kier alpha value is -2.56. The fourth-order valence-corrected chi connectivity index (χ4v) is 2.93. The van der Waals surface area contributed by atoms with Crippen LogP contribution in [-0.4, -0.2) is 19.8 Å². The lowest BCUT2D eigenvalue weighted by molar-refractivity contribution is 0.182. The van der Waals surface area contributed by atoms with Crippen molar-refractivity contribution in [2.45, 2.75) is 25.6 Å². The van der Waals surface area contributed by atoms with Crippen molar-refractivity contribution in [1.29, 1.82) is 0 Å². The minimum Gasteiger partial charge on any atom is -0.489 e. The highest BCUT2D eigenvalue weighted by atomic mass is 19.1. The highest BCUT2D eigenvalue weighted by Gasteiger charge is 2.23. The average molecular weight is 327 g/mol. The Morgan fingerprint density at radius 2 is 2.12 bits per heavy atom. The molecule has 124 valence electrons. The summed E-state index contributed by atoms with van der Waals surface area (Å²) < 4.78 is 25.1. The molecule has 2 aromatic carbocycles. The molecule has 0 aromatic heterocycles. The van der Waals surface area contributed by atoms with Gasteiger partial charge in [0, 0.05) is 17.6 Å². The number of nitrogens with zero attached hydrogens (tertiary/aromatic N) is 3. The van der Waals surface area contributed by atoms with Crippen LogP contribution in [0.1, 0.15) is 17.5 Å². The molecule has 1 atom stereocenters. The second-order valence-corrected chi connectivity index (χ2v) is 5.76. The van der Waals surface area contributed by atoms with Gasteiger partial charge in [-0.3, -0.25) is 0 Å². The molecule has 0 unspecified atom stereocenters. The predicted octanol–water partition coefficient (Wildman–Crippen LogP) is 4.64. The molecule has 3 rings (SSSR count). The Balaban J connectivity index is 1.96. The maximum atomic E-state index is 14.0. The zero-order valence-corrected chi connectivity index (χ0v) is 13.4. The minimum absolute atomic E-state index is 0.176. The summed E-state index contributed by atoms with van der Waals surface area (Å²) in [4.78, 5) is 2.78. The van der Waals surface area contributed by atoms with Gasteiger partial charge in [-0.05, 0) is 47.2 Å². The average Bonchev–Trinajstić information content (AvgIpc) is 2.60. The molecule has 2 aromatic rings. The Bertz CT molecular complexity index is 771. The summed E-state index contributed by atoms with van der Waals surface area (Å²) in [5.74, 6) is 0.405. The molecule has 0 bridgehead atoms. The SMILES string of the molecule is COCc1ccc(-c2cc(F)cc3c2O[C@@H](CN=[N+]=[N-])CC3)cc1. The number of aryl methyl sites for hydroxylation is 1. The highest BCUT2D eigenvalue weighted by molar-refractivity contribution is 5.73. The zero-order valence-electron chi connectivity index (χ0n) is 13.4. The summed E-state index contributed by atoms with van der Waals surface area (Å²) in [7, 11) is 1.65. The third kappa shape index (κ3) is 3.50. The lowest BCUT2D eigenvalue weighted by Gasteiger charge is -2.27. The second kappa shape index (κ2) is 7.34. The van der Waals surface area contributed by atoms with Crippen LogP contribution in [0.4, 0.5) is 4.39 Å². The van der Waals surface area contributed by atoms with Gasteiger partial charge in [0.25, 0.3) is 0 Å². The number of methoxy groups -OCH3 is 1. The van der Waals surface area contributed by atoms with Crippen LogP contribution in [0.3, 0.4) is 0 Å². The van der Waals surface area contributed by atoms with Crippen molar-refractivity contribution < 1.29 is 13.9 Å². The molecule has 0 N–H and O–H groups in total. The third-order valence-corrected chi connectivity index (χ3v) is 4.08. The summed E-state index contributed by atoms with van der Waals surface area (Å²) in [6, 6.07) is 10.8. The van der Waals surface area contributed by atoms with E-state index in [0.29, 0.717) is 25.2 Å². The number of hydrogen-bond acceptors (Lipinski definition) is 3. The van der Waals surface area contributed by atoms with Crippen molar-refractivity contribution in [3.8, 4) is 16.9 Å². The quantitative estimate of drug-likeness (QED) is 0.456. The van der Waals surface area contributed by atoms with Crippen LogP contribution in [0.15, 0.2) is 41.5 Å². The van der Waals surface area contributed by atoms with Crippen molar-refractivity contribution in [2.24, 2.45) is 5.11 Å². The Morgan fingerprint density at radius 1 is 1.33 bits per heavy atom. The molecule has 1 heterocycles. The van der Waals surface area contributed by atoms with E-state index in [1.54, 1.807) is 7.11 Å². The molecule has 0 spiro atoms. The Morgan fingerprint density at radius 3 is 2.83 bits per heavy atom. The van der Waals surface area contributed by atoms with Gasteiger partial charge in [-0.25, -0.2) is 4.39 Å². The molecule has 6 heteroatoms. The first-order valence-corrected chi connectivity index (χ1v) is 7.79. The van der Waals surface area contributed by atoms with Gasteiger partial charge < -0.3 is 9.47 Å². The summed E-state index contributed by atoms with van der Waals surface area (Å²) in [6.45, 7) is 0.811. The Labute approximate surface area is 139 Å². The smallest absolute Gasteiger partial charge is 0.130 e. The van der Waals surface area contributed by atoms with Gasteiger partial charge in [-0.1, -0.05) is 29.4 Å². The minimum atomic E-state index is -0.276. The summed E-state index contributed by atoms with van der Waals surface area (Å²) in [5.41, 5.74) is 12.0. The molecular weight excluding hydrogens is 309 g/mol. The first kappa shape index (κ1) is 16.3. The van der Waals surface area contributed by atoms with Crippen LogP contribution in [-0.2, 0) is 17.8 Å². The van der Waals surface area contributed by atoms with E-state index >= 15 is 0 Å². The fraction of sp³-hybridized carbons (Fsp3) is 0.333. The molecule has 1 aliphatic rings. The molecule has 0 fully saturated rings. The van der Waals surface area contributed by atoms with Gasteiger partial charge in [0.15, 0.2) is 0 Å². The number of fused-ring (bicyclic) bond motifs is 1. The number of halogens is 1. The van der Waals surface area contributed by atoms with Gasteiger partial charge in [0.2, 0.25) is 0 Å². The van der Waals surface area contributed by atoms with Crippen LogP contribution in [0, 0.1) is 5.82 Å². The van der Waals surface area contributed by atoms with E-state index in [-0.39, 0.29) is 18.5 Å². The number of azide groups is 1. The van der Waals surface area contributed by atoms with E-state index in [0.717, 1.165) is 22.3 Å². The van der Waals surface area contributed by atoms with E-state index in [2.05, 4.69) is 10.0 Å². The summed E-state index contributed by atoms with van der Waals surface area (Å²) in [5, 5.41) is 3.59. The van der Waals surface area contributed by atoms with Gasteiger partial charge in [0.05, 0.1) is 13.2 Å². The summed E-state index contributed by atoms with van der Waals surface area (Å²) >= 11 is 0. The van der Waals surface area contributed by atoms with Crippen LogP contribution < -0.4 is 4.74 Å². The highest BCUT2D eigenvalue weighted by Crippen LogP contribution is 2.38. The Kier molecular flexibility index (Phi) is 4.99. The molecule has 0 saturated carbocycles. The topological polar surface area (TPSA) is 67.2 Å². The third-order valence-electron chi connectivity index (χ3n) is 4.08. The molecule has 0 amide bonds. The fourth-order valence-electron chi connectivity index (χ4n) is 2.93. The van der Waals surface area contributed by atoms with Crippen molar-refractivity contribution >= 4 is 0 Å². The molecule has 5 nitrogen and oxygen atoms in total. The number of benzene rings is 2. The van der Waals surface area contributed by atoms with Crippen molar-refractivity contribution in [3.05, 3.63) is 63.8 Å². The van der Waals surface area contributed by atoms with Crippen LogP contribution in [0.2, 0.25) is 0 Å². The maximum Gasteiger partial charge on any atom is 0.130 e. The molecule has 0 aliphatic carbocycles. The van der Waals surface area contributed by atoms with Gasteiger partial charge in [-0.15, -0.1) is 0 Å². The van der Waals surface area contributed by atoms with E-state index in [1.165, 1.54) is 12.1 Å². The lowest BCUT2D eigenvalue weighted by Crippen LogP contribution is -2.25. The summed E-state index contributed by atoms with van der Waals surface area (Å²) in [6.07, 6.45) is 1.24. The van der Waals surface area contributed by atoms with Gasteiger partial charge in [0.1, 0.15) is 17.7 Å². The van der Waals surface area contributed by atoms with Crippen LogP contribution in [0.5, 0.6) is 5.75 Å². The molecule has 0 radical (unpaired) electrons. The van der Waals surface area contributed by atoms with Crippen molar-refractivity contribution in [2.75, 3.05) is 13.7 Å². The van der Waals surface area contributed by atoms with E-state index in [1.807, 2.05) is 24.3 Å². The van der Waals surface area contributed by atoms with Crippen molar-refractivity contribution in [1.82, 2.24) is 0 Å². The monoisotopic (exact) mass is 327 g/mol. The molecular formula is C18H18FN3O2. The van der Waals surface area contributed by atoms with Gasteiger partial charge in [-0.2, -0.15) is 0 Å². The second-order valence-electron chi connectivity index (χ2n) is 5.76. The number of rotatable bonds is 5. The predicted molar refractivity (Wildman–Crippen MR) is 89.3 cm³/mol. The largest absolute Gasteiger partial charge is 0.489 e. The molecule has 0 saturated heterocycles. The lowest BCUT2D eigenvalue weighted by atomic mass is 9.95. The van der Waals surface area contributed by atoms with Gasteiger partial charge >= 0.3 is 0 Å². The zero-order chi connectivity index (χ0) is 16.9. The van der Waals surface area contributed by atoms with Crippen LogP contribution in [0.25, 0.3) is 21.6 Å². The first-order valence-electron chi connectivity index (χ1n) is 7.79. The molecule has 24 heavy (non-hydrogen) atoms. The van der Waals surface area contributed by atoms with E-state index in [4.69, 9.17) is 15.0 Å². The normalized spacial score (nSPS) is 16.0. The van der Waals surface area contributed by atoms with E-state index in [9.17, 15) is 4.39 Å².